The van der Waals surface area contributed by atoms with Crippen molar-refractivity contribution in [2.24, 2.45) is 0 Å². The van der Waals surface area contributed by atoms with Crippen LogP contribution in [0, 0.1) is 0 Å². The van der Waals surface area contributed by atoms with E-state index >= 15 is 0 Å². The first kappa shape index (κ1) is 14.7. The molecule has 0 radical (unpaired) electrons. The maximum atomic E-state index is 12.0. The van der Waals surface area contributed by atoms with E-state index in [-0.39, 0.29) is 22.9 Å². The van der Waals surface area contributed by atoms with Crippen LogP contribution >= 0.6 is 11.6 Å². The zero-order valence-corrected chi connectivity index (χ0v) is 11.3. The number of hydrogen-bond acceptors (Lipinski definition) is 4. The van der Waals surface area contributed by atoms with Crippen molar-refractivity contribution in [2.75, 3.05) is 19.5 Å². The average Bonchev–Trinajstić information content (AvgIpc) is 2.28. The lowest BCUT2D eigenvalue weighted by atomic mass is 10.1. The summed E-state index contributed by atoms with van der Waals surface area (Å²) in [5.41, 5.74) is 5.95. The van der Waals surface area contributed by atoms with E-state index in [4.69, 9.17) is 22.1 Å². The van der Waals surface area contributed by atoms with Gasteiger partial charge in [-0.2, -0.15) is 0 Å². The van der Waals surface area contributed by atoms with Gasteiger partial charge in [0.2, 0.25) is 0 Å². The highest BCUT2D eigenvalue weighted by atomic mass is 35.5. The van der Waals surface area contributed by atoms with Crippen LogP contribution in [0.1, 0.15) is 30.1 Å². The fourth-order valence-electron chi connectivity index (χ4n) is 1.66. The van der Waals surface area contributed by atoms with E-state index in [2.05, 4.69) is 17.2 Å². The molecule has 0 aromatic carbocycles. The van der Waals surface area contributed by atoms with Gasteiger partial charge < -0.3 is 15.8 Å². The van der Waals surface area contributed by atoms with E-state index in [1.54, 1.807) is 7.11 Å². The minimum absolute atomic E-state index is 0.0133. The molecular formula is C12H18ClN3O2. The van der Waals surface area contributed by atoms with E-state index in [0.29, 0.717) is 12.2 Å². The van der Waals surface area contributed by atoms with Gasteiger partial charge in [0.25, 0.3) is 5.91 Å². The molecule has 1 atom stereocenters. The Hall–Kier alpha value is -1.33. The SMILES string of the molecule is CCCC(COC)NC(=O)c1cc(N)nc(Cl)c1. The number of rotatable bonds is 6. The third-order valence-corrected chi connectivity index (χ3v) is 2.61. The van der Waals surface area contributed by atoms with Gasteiger partial charge >= 0.3 is 0 Å². The van der Waals surface area contributed by atoms with Crippen molar-refractivity contribution in [3.63, 3.8) is 0 Å². The van der Waals surface area contributed by atoms with E-state index in [1.807, 2.05) is 0 Å². The number of anilines is 1. The van der Waals surface area contributed by atoms with Crippen molar-refractivity contribution in [1.29, 1.82) is 0 Å². The highest BCUT2D eigenvalue weighted by Crippen LogP contribution is 2.12. The number of nitrogen functional groups attached to an aromatic ring is 1. The first-order valence-electron chi connectivity index (χ1n) is 5.79. The second kappa shape index (κ2) is 7.18. The van der Waals surface area contributed by atoms with Crippen molar-refractivity contribution >= 4 is 23.3 Å². The van der Waals surface area contributed by atoms with Gasteiger partial charge in [-0.25, -0.2) is 4.98 Å². The van der Waals surface area contributed by atoms with Gasteiger partial charge in [0.1, 0.15) is 11.0 Å². The second-order valence-corrected chi connectivity index (χ2v) is 4.41. The Kier molecular flexibility index (Phi) is 5.88. The van der Waals surface area contributed by atoms with Crippen LogP contribution in [0.4, 0.5) is 5.82 Å². The summed E-state index contributed by atoms with van der Waals surface area (Å²) in [6.45, 7) is 2.53. The van der Waals surface area contributed by atoms with Crippen LogP contribution in [0.15, 0.2) is 12.1 Å². The molecule has 1 rings (SSSR count). The van der Waals surface area contributed by atoms with Crippen molar-refractivity contribution in [1.82, 2.24) is 10.3 Å². The molecule has 100 valence electrons. The number of amides is 1. The van der Waals surface area contributed by atoms with Crippen LogP contribution in [-0.4, -0.2) is 30.6 Å². The Morgan fingerprint density at radius 2 is 2.33 bits per heavy atom. The minimum Gasteiger partial charge on any atom is -0.384 e. The molecule has 1 aromatic rings. The monoisotopic (exact) mass is 271 g/mol. The lowest BCUT2D eigenvalue weighted by Crippen LogP contribution is -2.38. The normalized spacial score (nSPS) is 12.2. The molecule has 1 unspecified atom stereocenters. The number of pyridine rings is 1. The molecule has 0 aliphatic rings. The van der Waals surface area contributed by atoms with Crippen molar-refractivity contribution in [2.45, 2.75) is 25.8 Å². The topological polar surface area (TPSA) is 77.2 Å². The van der Waals surface area contributed by atoms with Crippen LogP contribution in [-0.2, 0) is 4.74 Å². The summed E-state index contributed by atoms with van der Waals surface area (Å²) in [6, 6.07) is 2.97. The van der Waals surface area contributed by atoms with Crippen LogP contribution in [0.25, 0.3) is 0 Å². The molecule has 1 heterocycles. The third kappa shape index (κ3) is 4.50. The number of ether oxygens (including phenoxy) is 1. The fraction of sp³-hybridized carbons (Fsp3) is 0.500. The Balaban J connectivity index is 2.73. The molecule has 1 amide bonds. The van der Waals surface area contributed by atoms with Gasteiger partial charge in [-0.1, -0.05) is 24.9 Å². The molecule has 18 heavy (non-hydrogen) atoms. The second-order valence-electron chi connectivity index (χ2n) is 4.02. The maximum Gasteiger partial charge on any atom is 0.251 e. The van der Waals surface area contributed by atoms with E-state index in [0.717, 1.165) is 12.8 Å². The lowest BCUT2D eigenvalue weighted by Gasteiger charge is -2.17. The number of halogens is 1. The van der Waals surface area contributed by atoms with E-state index in [1.165, 1.54) is 12.1 Å². The molecule has 6 heteroatoms. The summed E-state index contributed by atoms with van der Waals surface area (Å²) in [4.78, 5) is 15.8. The number of aromatic nitrogens is 1. The van der Waals surface area contributed by atoms with Crippen molar-refractivity contribution in [3.8, 4) is 0 Å². The molecule has 3 N–H and O–H groups in total. The van der Waals surface area contributed by atoms with Gasteiger partial charge in [0, 0.05) is 12.7 Å². The summed E-state index contributed by atoms with van der Waals surface area (Å²) in [7, 11) is 1.61. The van der Waals surface area contributed by atoms with E-state index < -0.39 is 0 Å². The van der Waals surface area contributed by atoms with Gasteiger partial charge in [0.15, 0.2) is 0 Å². The Morgan fingerprint density at radius 3 is 2.89 bits per heavy atom. The van der Waals surface area contributed by atoms with Crippen LogP contribution in [0.5, 0.6) is 0 Å². The average molecular weight is 272 g/mol. The standard InChI is InChI=1S/C12H18ClN3O2/c1-3-4-9(7-18-2)15-12(17)8-5-10(13)16-11(14)6-8/h5-6,9H,3-4,7H2,1-2H3,(H2,14,16)(H,15,17). The highest BCUT2D eigenvalue weighted by Gasteiger charge is 2.14. The largest absolute Gasteiger partial charge is 0.384 e. The molecule has 0 aliphatic carbocycles. The van der Waals surface area contributed by atoms with E-state index in [9.17, 15) is 4.79 Å². The van der Waals surface area contributed by atoms with Crippen LogP contribution in [0.3, 0.4) is 0 Å². The number of carbonyl (C=O) groups excluding carboxylic acids is 1. The third-order valence-electron chi connectivity index (χ3n) is 2.42. The van der Waals surface area contributed by atoms with Crippen molar-refractivity contribution in [3.05, 3.63) is 22.8 Å². The summed E-state index contributed by atoms with van der Waals surface area (Å²) in [5, 5.41) is 3.09. The Bertz CT molecular complexity index is 386. The summed E-state index contributed by atoms with van der Waals surface area (Å²) in [6.07, 6.45) is 1.82. The van der Waals surface area contributed by atoms with Gasteiger partial charge in [-0.05, 0) is 18.6 Å². The predicted molar refractivity (Wildman–Crippen MR) is 71.7 cm³/mol. The summed E-state index contributed by atoms with van der Waals surface area (Å²) in [5.74, 6) is 0.00735. The van der Waals surface area contributed by atoms with Crippen LogP contribution in [0.2, 0.25) is 5.15 Å². The molecule has 5 nitrogen and oxygen atoms in total. The number of carbonyl (C=O) groups is 1. The lowest BCUT2D eigenvalue weighted by molar-refractivity contribution is 0.0891. The molecule has 0 aliphatic heterocycles. The fourth-order valence-corrected chi connectivity index (χ4v) is 1.88. The maximum absolute atomic E-state index is 12.0. The Morgan fingerprint density at radius 1 is 1.61 bits per heavy atom. The molecule has 0 saturated carbocycles. The number of methoxy groups -OCH3 is 1. The molecule has 0 saturated heterocycles. The quantitative estimate of drug-likeness (QED) is 0.774. The Labute approximate surface area is 112 Å². The van der Waals surface area contributed by atoms with Gasteiger partial charge in [-0.15, -0.1) is 0 Å². The van der Waals surface area contributed by atoms with Gasteiger partial charge in [0.05, 0.1) is 12.6 Å². The number of nitrogens with one attached hydrogen (secondary N) is 1. The number of nitrogens with two attached hydrogens (primary N) is 1. The highest BCUT2D eigenvalue weighted by molar-refractivity contribution is 6.29. The molecule has 0 bridgehead atoms. The number of nitrogens with zero attached hydrogens (tertiary/aromatic N) is 1. The first-order chi connectivity index (χ1) is 8.56. The zero-order chi connectivity index (χ0) is 13.5. The predicted octanol–water partition coefficient (Wildman–Crippen LogP) is 1.86. The number of hydrogen-bond donors (Lipinski definition) is 2. The van der Waals surface area contributed by atoms with Crippen molar-refractivity contribution < 1.29 is 9.53 Å². The van der Waals surface area contributed by atoms with Gasteiger partial charge in [-0.3, -0.25) is 4.79 Å². The summed E-state index contributed by atoms with van der Waals surface area (Å²) < 4.78 is 5.06. The molecule has 0 spiro atoms. The minimum atomic E-state index is -0.221. The first-order valence-corrected chi connectivity index (χ1v) is 6.17. The molecular weight excluding hydrogens is 254 g/mol. The molecule has 1 aromatic heterocycles. The molecule has 0 fully saturated rings. The zero-order valence-electron chi connectivity index (χ0n) is 10.6. The summed E-state index contributed by atoms with van der Waals surface area (Å²) >= 11 is 5.76. The smallest absolute Gasteiger partial charge is 0.251 e. The van der Waals surface area contributed by atoms with Crippen LogP contribution < -0.4 is 11.1 Å².